The minimum absolute atomic E-state index is 0.649. The molecule has 0 spiro atoms. The molecule has 1 aromatic carbocycles. The number of thioether (sulfide) groups is 1. The van der Waals surface area contributed by atoms with Gasteiger partial charge in [0, 0.05) is 29.9 Å². The van der Waals surface area contributed by atoms with Gasteiger partial charge in [0.05, 0.1) is 12.7 Å². The van der Waals surface area contributed by atoms with Gasteiger partial charge in [-0.15, -0.1) is 21.8 Å². The maximum Gasteiger partial charge on any atom is 0.191 e. The van der Waals surface area contributed by atoms with Crippen LogP contribution in [-0.2, 0) is 7.05 Å². The van der Waals surface area contributed by atoms with Crippen LogP contribution in [0.1, 0.15) is 6.42 Å². The highest BCUT2D eigenvalue weighted by molar-refractivity contribution is 7.99. The van der Waals surface area contributed by atoms with Gasteiger partial charge in [0.15, 0.2) is 11.0 Å². The Morgan fingerprint density at radius 1 is 1.23 bits per heavy atom. The number of hydrogen-bond acceptors (Lipinski definition) is 5. The van der Waals surface area contributed by atoms with Gasteiger partial charge in [0.1, 0.15) is 0 Å². The third-order valence-corrected chi connectivity index (χ3v) is 4.42. The second-order valence-electron chi connectivity index (χ2n) is 4.47. The molecule has 1 aromatic heterocycles. The van der Waals surface area contributed by atoms with E-state index in [4.69, 9.17) is 22.4 Å². The van der Waals surface area contributed by atoms with E-state index in [9.17, 15) is 0 Å². The predicted molar refractivity (Wildman–Crippen MR) is 92.5 cm³/mol. The van der Waals surface area contributed by atoms with Crippen molar-refractivity contribution in [3.05, 3.63) is 24.3 Å². The average molecular weight is 337 g/mol. The molecular formula is C14H17ClN6S. The summed E-state index contributed by atoms with van der Waals surface area (Å²) >= 11 is 7.32. The Bertz CT molecular complexity index is 631. The minimum atomic E-state index is 0.649. The number of alkyl halides is 1. The van der Waals surface area contributed by atoms with Crippen LogP contribution in [0.15, 0.2) is 29.4 Å². The van der Waals surface area contributed by atoms with E-state index < -0.39 is 0 Å². The summed E-state index contributed by atoms with van der Waals surface area (Å²) < 4.78 is 1.96. The van der Waals surface area contributed by atoms with E-state index in [1.54, 1.807) is 11.8 Å². The molecule has 0 saturated carbocycles. The minimum Gasteiger partial charge on any atom is -0.305 e. The summed E-state index contributed by atoms with van der Waals surface area (Å²) in [5.74, 6) is 2.36. The van der Waals surface area contributed by atoms with Crippen molar-refractivity contribution in [3.63, 3.8) is 0 Å². The van der Waals surface area contributed by atoms with Gasteiger partial charge in [-0.2, -0.15) is 0 Å². The summed E-state index contributed by atoms with van der Waals surface area (Å²) in [4.78, 5) is 1.41. The molecule has 0 fully saturated rings. The van der Waals surface area contributed by atoms with Crippen molar-refractivity contribution in [3.8, 4) is 11.4 Å². The van der Waals surface area contributed by atoms with Gasteiger partial charge in [-0.25, -0.2) is 0 Å². The zero-order valence-corrected chi connectivity index (χ0v) is 13.7. The number of benzene rings is 1. The number of hydrogen-bond donors (Lipinski definition) is 2. The molecular weight excluding hydrogens is 320 g/mol. The Morgan fingerprint density at radius 3 is 2.50 bits per heavy atom. The molecule has 2 aromatic rings. The molecule has 2 rings (SSSR count). The van der Waals surface area contributed by atoms with Crippen molar-refractivity contribution in [2.24, 2.45) is 7.05 Å². The number of halogens is 1. The molecule has 22 heavy (non-hydrogen) atoms. The van der Waals surface area contributed by atoms with E-state index in [1.807, 2.05) is 35.9 Å². The Labute approximate surface area is 138 Å². The third kappa shape index (κ3) is 3.66. The number of rotatable bonds is 8. The molecule has 6 nitrogen and oxygen atoms in total. The quantitative estimate of drug-likeness (QED) is 0.255. The number of nitrogens with zero attached hydrogens (tertiary/aromatic N) is 4. The molecule has 116 valence electrons. The molecule has 0 bridgehead atoms. The van der Waals surface area contributed by atoms with Crippen molar-refractivity contribution < 1.29 is 0 Å². The highest BCUT2D eigenvalue weighted by Crippen LogP contribution is 2.24. The molecule has 2 N–H and O–H groups in total. The second kappa shape index (κ2) is 7.95. The van der Waals surface area contributed by atoms with Gasteiger partial charge >= 0.3 is 0 Å². The fourth-order valence-electron chi connectivity index (χ4n) is 1.88. The first kappa shape index (κ1) is 16.5. The van der Waals surface area contributed by atoms with Gasteiger partial charge in [-0.1, -0.05) is 11.8 Å². The van der Waals surface area contributed by atoms with Crippen LogP contribution >= 0.6 is 23.4 Å². The first-order chi connectivity index (χ1) is 10.7. The van der Waals surface area contributed by atoms with Crippen molar-refractivity contribution in [2.45, 2.75) is 11.6 Å². The Hall–Kier alpha value is -1.86. The highest BCUT2D eigenvalue weighted by atomic mass is 35.5. The lowest BCUT2D eigenvalue weighted by Crippen LogP contribution is -2.17. The van der Waals surface area contributed by atoms with Crippen LogP contribution in [0.4, 0.5) is 5.69 Å². The summed E-state index contributed by atoms with van der Waals surface area (Å²) in [5, 5.41) is 23.8. The standard InChI is InChI=1S/C14H17ClN6S/c1-20-13(18-19-14(20)22-8-2-7-15)11-3-5-12(6-4-11)21(9-16)10-17/h3-6,9-10,16-17H,2,7-8H2,1H3. The summed E-state index contributed by atoms with van der Waals surface area (Å²) in [6, 6.07) is 7.51. The monoisotopic (exact) mass is 336 g/mol. The third-order valence-electron chi connectivity index (χ3n) is 3.05. The van der Waals surface area contributed by atoms with E-state index in [2.05, 4.69) is 10.2 Å². The molecule has 0 amide bonds. The predicted octanol–water partition coefficient (Wildman–Crippen LogP) is 3.22. The van der Waals surface area contributed by atoms with Crippen LogP contribution in [0.2, 0.25) is 0 Å². The van der Waals surface area contributed by atoms with Crippen LogP contribution in [0, 0.1) is 10.8 Å². The summed E-state index contributed by atoms with van der Waals surface area (Å²) in [6.45, 7) is 0. The summed E-state index contributed by atoms with van der Waals surface area (Å²) in [5.41, 5.74) is 1.70. The van der Waals surface area contributed by atoms with E-state index in [0.29, 0.717) is 5.88 Å². The topological polar surface area (TPSA) is 81.7 Å². The van der Waals surface area contributed by atoms with Gasteiger partial charge in [-0.05, 0) is 30.7 Å². The fraction of sp³-hybridized carbons (Fsp3) is 0.286. The molecule has 8 heteroatoms. The van der Waals surface area contributed by atoms with Crippen LogP contribution in [0.3, 0.4) is 0 Å². The molecule has 0 aliphatic rings. The van der Waals surface area contributed by atoms with E-state index in [0.717, 1.165) is 47.1 Å². The van der Waals surface area contributed by atoms with Gasteiger partial charge in [-0.3, -0.25) is 15.7 Å². The Balaban J connectivity index is 2.18. The molecule has 0 aliphatic heterocycles. The molecule has 0 unspecified atom stereocenters. The van der Waals surface area contributed by atoms with E-state index >= 15 is 0 Å². The van der Waals surface area contributed by atoms with Crippen LogP contribution < -0.4 is 4.90 Å². The first-order valence-corrected chi connectivity index (χ1v) is 8.21. The van der Waals surface area contributed by atoms with E-state index in [-0.39, 0.29) is 0 Å². The highest BCUT2D eigenvalue weighted by Gasteiger charge is 2.11. The zero-order valence-electron chi connectivity index (χ0n) is 12.2. The maximum absolute atomic E-state index is 7.24. The van der Waals surface area contributed by atoms with Gasteiger partial charge in [0.2, 0.25) is 0 Å². The number of aromatic nitrogens is 3. The lowest BCUT2D eigenvalue weighted by molar-refractivity contribution is 0.793. The van der Waals surface area contributed by atoms with Crippen molar-refractivity contribution in [1.82, 2.24) is 14.8 Å². The van der Waals surface area contributed by atoms with Gasteiger partial charge in [0.25, 0.3) is 0 Å². The van der Waals surface area contributed by atoms with Gasteiger partial charge < -0.3 is 4.57 Å². The smallest absolute Gasteiger partial charge is 0.191 e. The molecule has 0 radical (unpaired) electrons. The Morgan fingerprint density at radius 2 is 1.91 bits per heavy atom. The average Bonchev–Trinajstić information content (AvgIpc) is 2.91. The summed E-state index contributed by atoms with van der Waals surface area (Å²) in [6.07, 6.45) is 3.12. The van der Waals surface area contributed by atoms with Crippen LogP contribution in [-0.4, -0.2) is 39.1 Å². The zero-order chi connectivity index (χ0) is 15.9. The Kier molecular flexibility index (Phi) is 5.97. The van der Waals surface area contributed by atoms with Crippen molar-refractivity contribution in [2.75, 3.05) is 16.5 Å². The fourth-order valence-corrected chi connectivity index (χ4v) is 3.02. The molecule has 1 heterocycles. The SMILES string of the molecule is Cn1c(SCCCCl)nnc1-c1ccc(N(C=N)C=N)cc1. The lowest BCUT2D eigenvalue weighted by atomic mass is 10.2. The normalized spacial score (nSPS) is 10.5. The number of nitrogens with one attached hydrogen (secondary N) is 2. The molecule has 0 saturated heterocycles. The molecule has 0 atom stereocenters. The number of anilines is 1. The van der Waals surface area contributed by atoms with E-state index in [1.165, 1.54) is 4.90 Å². The van der Waals surface area contributed by atoms with Crippen molar-refractivity contribution in [1.29, 1.82) is 10.8 Å². The van der Waals surface area contributed by atoms with Crippen molar-refractivity contribution >= 4 is 41.7 Å². The maximum atomic E-state index is 7.24. The summed E-state index contributed by atoms with van der Waals surface area (Å²) in [7, 11) is 1.94. The lowest BCUT2D eigenvalue weighted by Gasteiger charge is -2.12. The van der Waals surface area contributed by atoms with Crippen LogP contribution in [0.25, 0.3) is 11.4 Å². The largest absolute Gasteiger partial charge is 0.305 e. The van der Waals surface area contributed by atoms with Crippen LogP contribution in [0.5, 0.6) is 0 Å². The molecule has 0 aliphatic carbocycles. The second-order valence-corrected chi connectivity index (χ2v) is 5.91. The first-order valence-electron chi connectivity index (χ1n) is 6.69.